The number of carbonyl (C=O) groups excluding carboxylic acids is 1. The van der Waals surface area contributed by atoms with Crippen LogP contribution in [0.3, 0.4) is 0 Å². The number of methoxy groups -OCH3 is 2. The van der Waals surface area contributed by atoms with Gasteiger partial charge in [0.2, 0.25) is 0 Å². The number of nitrogens with zero attached hydrogens (tertiary/aromatic N) is 3. The van der Waals surface area contributed by atoms with E-state index in [0.29, 0.717) is 36.1 Å². The Labute approximate surface area is 159 Å². The van der Waals surface area contributed by atoms with Crippen LogP contribution in [-0.2, 0) is 13.0 Å². The molecule has 1 aromatic heterocycles. The first-order valence-corrected chi connectivity index (χ1v) is 9.17. The van der Waals surface area contributed by atoms with Crippen LogP contribution in [0.25, 0.3) is 0 Å². The lowest BCUT2D eigenvalue weighted by molar-refractivity contribution is 0.0728. The molecule has 1 amide bonds. The molecule has 1 aliphatic rings. The summed E-state index contributed by atoms with van der Waals surface area (Å²) in [5, 5.41) is 3.28. The Hall–Kier alpha value is -2.83. The normalized spacial score (nSPS) is 14.3. The van der Waals surface area contributed by atoms with Crippen LogP contribution in [0, 0.1) is 0 Å². The quantitative estimate of drug-likeness (QED) is 0.843. The van der Waals surface area contributed by atoms with Crippen LogP contribution in [0.5, 0.6) is 11.5 Å². The third kappa shape index (κ3) is 4.13. The summed E-state index contributed by atoms with van der Waals surface area (Å²) in [6.07, 6.45) is 3.18. The van der Waals surface area contributed by atoms with E-state index >= 15 is 0 Å². The Kier molecular flexibility index (Phi) is 5.78. The average molecular weight is 370 g/mol. The molecule has 27 heavy (non-hydrogen) atoms. The number of benzene rings is 1. The summed E-state index contributed by atoms with van der Waals surface area (Å²) in [5.41, 5.74) is 2.65. The summed E-state index contributed by atoms with van der Waals surface area (Å²) in [6.45, 7) is 5.33. The summed E-state index contributed by atoms with van der Waals surface area (Å²) < 4.78 is 10.8. The van der Waals surface area contributed by atoms with E-state index < -0.39 is 0 Å². The van der Waals surface area contributed by atoms with Crippen molar-refractivity contribution in [2.24, 2.45) is 0 Å². The van der Waals surface area contributed by atoms with Gasteiger partial charge in [-0.25, -0.2) is 9.97 Å². The molecule has 1 atom stereocenters. The lowest BCUT2D eigenvalue weighted by Gasteiger charge is -2.29. The highest BCUT2D eigenvalue weighted by molar-refractivity contribution is 5.93. The summed E-state index contributed by atoms with van der Waals surface area (Å²) in [7, 11) is 3.24. The number of nitrogens with one attached hydrogen (secondary N) is 1. The molecule has 0 aliphatic carbocycles. The molecule has 3 rings (SSSR count). The number of hydrogen-bond donors (Lipinski definition) is 1. The molecule has 144 valence electrons. The monoisotopic (exact) mass is 370 g/mol. The molecule has 2 heterocycles. The van der Waals surface area contributed by atoms with Gasteiger partial charge in [-0.2, -0.15) is 0 Å². The number of hydrogen-bond acceptors (Lipinski definition) is 6. The van der Waals surface area contributed by atoms with Gasteiger partial charge in [0.05, 0.1) is 14.2 Å². The maximum Gasteiger partial charge on any atom is 0.272 e. The van der Waals surface area contributed by atoms with Gasteiger partial charge in [0.15, 0.2) is 11.5 Å². The molecule has 0 bridgehead atoms. The van der Waals surface area contributed by atoms with Crippen molar-refractivity contribution in [1.82, 2.24) is 14.9 Å². The van der Waals surface area contributed by atoms with Gasteiger partial charge in [-0.15, -0.1) is 0 Å². The number of carbonyl (C=O) groups is 1. The lowest BCUT2D eigenvalue weighted by Crippen LogP contribution is -2.36. The minimum absolute atomic E-state index is 0.0926. The average Bonchev–Trinajstić information content (AvgIpc) is 2.71. The van der Waals surface area contributed by atoms with Crippen molar-refractivity contribution in [1.29, 1.82) is 0 Å². The van der Waals surface area contributed by atoms with Gasteiger partial charge < -0.3 is 19.7 Å². The highest BCUT2D eigenvalue weighted by atomic mass is 16.5. The highest BCUT2D eigenvalue weighted by Gasteiger charge is 2.24. The van der Waals surface area contributed by atoms with Gasteiger partial charge in [0, 0.05) is 25.2 Å². The van der Waals surface area contributed by atoms with Crippen LogP contribution >= 0.6 is 0 Å². The first-order valence-electron chi connectivity index (χ1n) is 9.17. The number of rotatable bonds is 6. The van der Waals surface area contributed by atoms with Crippen molar-refractivity contribution in [3.63, 3.8) is 0 Å². The number of anilines is 1. The second-order valence-corrected chi connectivity index (χ2v) is 6.69. The fourth-order valence-corrected chi connectivity index (χ4v) is 3.13. The summed E-state index contributed by atoms with van der Waals surface area (Å²) in [5.74, 6) is 1.97. The molecule has 7 nitrogen and oxygen atoms in total. The largest absolute Gasteiger partial charge is 0.493 e. The molecule has 1 unspecified atom stereocenters. The zero-order valence-electron chi connectivity index (χ0n) is 16.3. The van der Waals surface area contributed by atoms with E-state index in [0.717, 1.165) is 18.4 Å². The van der Waals surface area contributed by atoms with E-state index in [1.807, 2.05) is 17.0 Å². The van der Waals surface area contributed by atoms with Crippen molar-refractivity contribution in [2.45, 2.75) is 39.3 Å². The smallest absolute Gasteiger partial charge is 0.272 e. The Balaban J connectivity index is 1.79. The first kappa shape index (κ1) is 18.9. The van der Waals surface area contributed by atoms with Crippen molar-refractivity contribution in [2.75, 3.05) is 26.1 Å². The van der Waals surface area contributed by atoms with Gasteiger partial charge in [-0.3, -0.25) is 4.79 Å². The topological polar surface area (TPSA) is 76.6 Å². The Morgan fingerprint density at radius 2 is 1.89 bits per heavy atom. The molecule has 0 spiro atoms. The minimum atomic E-state index is -0.0926. The Bertz CT molecular complexity index is 825. The van der Waals surface area contributed by atoms with E-state index in [2.05, 4.69) is 29.1 Å². The van der Waals surface area contributed by atoms with Crippen LogP contribution in [0.1, 0.15) is 41.9 Å². The predicted octanol–water partition coefficient (Wildman–Crippen LogP) is 2.90. The number of amides is 1. The molecule has 2 aromatic rings. The van der Waals surface area contributed by atoms with Crippen molar-refractivity contribution in [3.8, 4) is 11.5 Å². The standard InChI is InChI=1S/C20H26N4O3/c1-5-13(2)23-19-10-16(21-12-22-19)20(25)24-7-6-14-8-17(26-3)18(27-4)9-15(14)11-24/h8-10,12-13H,5-7,11H2,1-4H3,(H,21,22,23). The molecular formula is C20H26N4O3. The van der Waals surface area contributed by atoms with E-state index in [1.165, 1.54) is 11.9 Å². The van der Waals surface area contributed by atoms with Crippen molar-refractivity contribution < 1.29 is 14.3 Å². The summed E-state index contributed by atoms with van der Waals surface area (Å²) in [6, 6.07) is 5.95. The van der Waals surface area contributed by atoms with E-state index in [1.54, 1.807) is 20.3 Å². The van der Waals surface area contributed by atoms with Crippen LogP contribution in [0.15, 0.2) is 24.5 Å². The van der Waals surface area contributed by atoms with Crippen LogP contribution < -0.4 is 14.8 Å². The van der Waals surface area contributed by atoms with Crippen molar-refractivity contribution >= 4 is 11.7 Å². The molecule has 1 aromatic carbocycles. The van der Waals surface area contributed by atoms with E-state index in [-0.39, 0.29) is 11.9 Å². The van der Waals surface area contributed by atoms with Gasteiger partial charge in [0.25, 0.3) is 5.91 Å². The fourth-order valence-electron chi connectivity index (χ4n) is 3.13. The predicted molar refractivity (Wildman–Crippen MR) is 103 cm³/mol. The molecule has 1 N–H and O–H groups in total. The first-order chi connectivity index (χ1) is 13.0. The fraction of sp³-hybridized carbons (Fsp3) is 0.450. The van der Waals surface area contributed by atoms with Gasteiger partial charge in [-0.05, 0) is 43.0 Å². The molecule has 0 fully saturated rings. The molecular weight excluding hydrogens is 344 g/mol. The third-order valence-corrected chi connectivity index (χ3v) is 4.90. The van der Waals surface area contributed by atoms with Crippen LogP contribution in [0.2, 0.25) is 0 Å². The lowest BCUT2D eigenvalue weighted by atomic mass is 9.98. The maximum atomic E-state index is 12.9. The van der Waals surface area contributed by atoms with Gasteiger partial charge in [-0.1, -0.05) is 6.92 Å². The number of ether oxygens (including phenoxy) is 2. The van der Waals surface area contributed by atoms with Crippen molar-refractivity contribution in [3.05, 3.63) is 41.3 Å². The summed E-state index contributed by atoms with van der Waals surface area (Å²) >= 11 is 0. The van der Waals surface area contributed by atoms with Gasteiger partial charge in [0.1, 0.15) is 17.8 Å². The zero-order chi connectivity index (χ0) is 19.4. The third-order valence-electron chi connectivity index (χ3n) is 4.90. The second-order valence-electron chi connectivity index (χ2n) is 6.69. The number of fused-ring (bicyclic) bond motifs is 1. The summed E-state index contributed by atoms with van der Waals surface area (Å²) in [4.78, 5) is 23.1. The zero-order valence-corrected chi connectivity index (χ0v) is 16.3. The Morgan fingerprint density at radius 1 is 1.19 bits per heavy atom. The molecule has 0 saturated heterocycles. The van der Waals surface area contributed by atoms with Gasteiger partial charge >= 0.3 is 0 Å². The maximum absolute atomic E-state index is 12.9. The second kappa shape index (κ2) is 8.24. The van der Waals surface area contributed by atoms with E-state index in [4.69, 9.17) is 9.47 Å². The number of aromatic nitrogens is 2. The van der Waals surface area contributed by atoms with Crippen LogP contribution in [-0.4, -0.2) is 47.6 Å². The molecule has 0 radical (unpaired) electrons. The minimum Gasteiger partial charge on any atom is -0.493 e. The molecule has 7 heteroatoms. The van der Waals surface area contributed by atoms with Crippen LogP contribution in [0.4, 0.5) is 5.82 Å². The molecule has 0 saturated carbocycles. The highest BCUT2D eigenvalue weighted by Crippen LogP contribution is 2.33. The molecule has 1 aliphatic heterocycles. The SMILES string of the molecule is CCC(C)Nc1cc(C(=O)N2CCc3cc(OC)c(OC)cc3C2)ncn1. The Morgan fingerprint density at radius 3 is 2.56 bits per heavy atom. The van der Waals surface area contributed by atoms with E-state index in [9.17, 15) is 4.79 Å².